The van der Waals surface area contributed by atoms with Gasteiger partial charge in [0.1, 0.15) is 12.4 Å². The van der Waals surface area contributed by atoms with Crippen molar-refractivity contribution in [2.24, 2.45) is 0 Å². The topological polar surface area (TPSA) is 70.1 Å². The molecule has 1 heterocycles. The highest BCUT2D eigenvalue weighted by Gasteiger charge is 2.32. The van der Waals surface area contributed by atoms with Crippen molar-refractivity contribution in [3.8, 4) is 11.8 Å². The molecular weight excluding hydrogens is 307 g/mol. The third-order valence-corrected chi connectivity index (χ3v) is 4.08. The Morgan fingerprint density at radius 2 is 2.14 bits per heavy atom. The SMILES string of the molecule is OCC#Cc1cnc(Cl)nc1NC1(CNP)CCCCC1. The zero-order chi connectivity index (χ0) is 15.1. The van der Waals surface area contributed by atoms with E-state index < -0.39 is 0 Å². The van der Waals surface area contributed by atoms with Gasteiger partial charge in [0.25, 0.3) is 0 Å². The van der Waals surface area contributed by atoms with E-state index in [1.807, 2.05) is 0 Å². The number of aliphatic hydroxyl groups excluding tert-OH is 1. The lowest BCUT2D eigenvalue weighted by atomic mass is 9.81. The molecular formula is C14H20ClN4OP. The van der Waals surface area contributed by atoms with Gasteiger partial charge in [0.15, 0.2) is 0 Å². The van der Waals surface area contributed by atoms with Crippen molar-refractivity contribution in [1.29, 1.82) is 0 Å². The van der Waals surface area contributed by atoms with Gasteiger partial charge >= 0.3 is 0 Å². The van der Waals surface area contributed by atoms with Crippen LogP contribution in [0, 0.1) is 11.8 Å². The molecule has 1 aromatic heterocycles. The van der Waals surface area contributed by atoms with Gasteiger partial charge in [-0.15, -0.1) is 0 Å². The number of aliphatic hydroxyl groups is 1. The van der Waals surface area contributed by atoms with E-state index in [9.17, 15) is 0 Å². The number of hydrogen-bond acceptors (Lipinski definition) is 5. The van der Waals surface area contributed by atoms with E-state index in [2.05, 4.69) is 41.6 Å². The van der Waals surface area contributed by atoms with E-state index in [1.54, 1.807) is 6.20 Å². The first-order chi connectivity index (χ1) is 10.2. The van der Waals surface area contributed by atoms with Crippen LogP contribution in [0.15, 0.2) is 6.20 Å². The van der Waals surface area contributed by atoms with E-state index in [4.69, 9.17) is 16.7 Å². The summed E-state index contributed by atoms with van der Waals surface area (Å²) in [6.45, 7) is 0.631. The molecule has 21 heavy (non-hydrogen) atoms. The zero-order valence-electron chi connectivity index (χ0n) is 11.8. The Kier molecular flexibility index (Phi) is 6.20. The molecule has 7 heteroatoms. The Labute approximate surface area is 132 Å². The van der Waals surface area contributed by atoms with Gasteiger partial charge < -0.3 is 10.4 Å². The van der Waals surface area contributed by atoms with Crippen LogP contribution in [-0.2, 0) is 0 Å². The maximum atomic E-state index is 8.86. The smallest absolute Gasteiger partial charge is 0.224 e. The van der Waals surface area contributed by atoms with Crippen LogP contribution in [0.2, 0.25) is 5.28 Å². The molecule has 1 atom stereocenters. The summed E-state index contributed by atoms with van der Waals surface area (Å²) in [5, 5.41) is 15.7. The minimum Gasteiger partial charge on any atom is -0.384 e. The quantitative estimate of drug-likeness (QED) is 0.448. The zero-order valence-corrected chi connectivity index (χ0v) is 13.7. The summed E-state index contributed by atoms with van der Waals surface area (Å²) >= 11 is 5.91. The van der Waals surface area contributed by atoms with Crippen LogP contribution in [0.1, 0.15) is 37.7 Å². The van der Waals surface area contributed by atoms with Gasteiger partial charge in [-0.2, -0.15) is 4.98 Å². The number of anilines is 1. The molecule has 3 N–H and O–H groups in total. The van der Waals surface area contributed by atoms with Crippen LogP contribution in [0.3, 0.4) is 0 Å². The fourth-order valence-corrected chi connectivity index (χ4v) is 3.23. The number of rotatable bonds is 4. The molecule has 0 aliphatic heterocycles. The van der Waals surface area contributed by atoms with Gasteiger partial charge in [-0.25, -0.2) is 4.98 Å². The van der Waals surface area contributed by atoms with Crippen LogP contribution in [0.4, 0.5) is 5.82 Å². The Hall–Kier alpha value is -0.920. The van der Waals surface area contributed by atoms with Crippen LogP contribution in [0.5, 0.6) is 0 Å². The van der Waals surface area contributed by atoms with Crippen molar-refractivity contribution in [2.45, 2.75) is 37.6 Å². The second-order valence-electron chi connectivity index (χ2n) is 5.21. The fraction of sp³-hybridized carbons (Fsp3) is 0.571. The molecule has 0 radical (unpaired) electrons. The minimum absolute atomic E-state index is 0.0483. The molecule has 5 nitrogen and oxygen atoms in total. The molecule has 1 fully saturated rings. The number of halogens is 1. The first kappa shape index (κ1) is 16.5. The molecule has 1 saturated carbocycles. The lowest BCUT2D eigenvalue weighted by molar-refractivity contribution is 0.324. The molecule has 1 unspecified atom stereocenters. The second kappa shape index (κ2) is 7.91. The predicted molar refractivity (Wildman–Crippen MR) is 88.2 cm³/mol. The Balaban J connectivity index is 2.28. The molecule has 114 valence electrons. The summed E-state index contributed by atoms with van der Waals surface area (Å²) in [6, 6.07) is 0. The summed E-state index contributed by atoms with van der Waals surface area (Å²) < 4.78 is 0. The van der Waals surface area contributed by atoms with Gasteiger partial charge in [-0.3, -0.25) is 5.09 Å². The lowest BCUT2D eigenvalue weighted by Crippen LogP contribution is -2.47. The maximum absolute atomic E-state index is 8.86. The van der Waals surface area contributed by atoms with Crippen molar-refractivity contribution < 1.29 is 5.11 Å². The third kappa shape index (κ3) is 4.52. The molecule has 0 saturated heterocycles. The van der Waals surface area contributed by atoms with Gasteiger partial charge in [0, 0.05) is 12.7 Å². The van der Waals surface area contributed by atoms with Crippen molar-refractivity contribution >= 4 is 26.8 Å². The molecule has 0 aromatic carbocycles. The summed E-state index contributed by atoms with van der Waals surface area (Å²) in [5.74, 6) is 6.13. The standard InChI is InChI=1S/C14H20ClN4OP/c15-13-16-9-11(5-4-8-20)12(18-13)19-14(10-17-21)6-2-1-3-7-14/h9,17,20H,1-3,6-8,10,21H2,(H,16,18,19). The molecule has 1 aromatic rings. The Morgan fingerprint density at radius 3 is 2.81 bits per heavy atom. The van der Waals surface area contributed by atoms with E-state index in [0.29, 0.717) is 11.4 Å². The van der Waals surface area contributed by atoms with Gasteiger partial charge in [-0.05, 0) is 24.4 Å². The summed E-state index contributed by atoms with van der Waals surface area (Å²) in [5.41, 5.74) is 0.606. The molecule has 0 bridgehead atoms. The monoisotopic (exact) mass is 326 g/mol. The number of hydrogen-bond donors (Lipinski definition) is 3. The maximum Gasteiger partial charge on any atom is 0.224 e. The minimum atomic E-state index is -0.194. The van der Waals surface area contributed by atoms with Crippen molar-refractivity contribution in [3.63, 3.8) is 0 Å². The highest BCUT2D eigenvalue weighted by molar-refractivity contribution is 7.13. The van der Waals surface area contributed by atoms with Crippen molar-refractivity contribution in [1.82, 2.24) is 15.1 Å². The third-order valence-electron chi connectivity index (χ3n) is 3.70. The number of aromatic nitrogens is 2. The summed E-state index contributed by atoms with van der Waals surface area (Å²) in [6.07, 6.45) is 7.38. The van der Waals surface area contributed by atoms with Crippen LogP contribution in [0.25, 0.3) is 0 Å². The molecule has 0 spiro atoms. The van der Waals surface area contributed by atoms with E-state index in [0.717, 1.165) is 19.4 Å². The number of nitrogens with one attached hydrogen (secondary N) is 2. The first-order valence-corrected chi connectivity index (χ1v) is 7.98. The van der Waals surface area contributed by atoms with Crippen molar-refractivity contribution in [2.75, 3.05) is 18.5 Å². The highest BCUT2D eigenvalue weighted by Crippen LogP contribution is 2.32. The fourth-order valence-electron chi connectivity index (χ4n) is 2.70. The van der Waals surface area contributed by atoms with Gasteiger partial charge in [-0.1, -0.05) is 40.5 Å². The average molecular weight is 327 g/mol. The molecule has 1 aliphatic rings. The van der Waals surface area contributed by atoms with E-state index in [1.165, 1.54) is 19.3 Å². The van der Waals surface area contributed by atoms with Crippen molar-refractivity contribution in [3.05, 3.63) is 17.0 Å². The van der Waals surface area contributed by atoms with Crippen LogP contribution >= 0.6 is 21.0 Å². The average Bonchev–Trinajstić information content (AvgIpc) is 2.47. The lowest BCUT2D eigenvalue weighted by Gasteiger charge is -2.38. The Bertz CT molecular complexity index is 532. The molecule has 0 amide bonds. The first-order valence-electron chi connectivity index (χ1n) is 7.03. The molecule has 1 aliphatic carbocycles. The van der Waals surface area contributed by atoms with E-state index in [-0.39, 0.29) is 17.4 Å². The summed E-state index contributed by atoms with van der Waals surface area (Å²) in [7, 11) is 2.55. The normalized spacial score (nSPS) is 16.9. The number of nitrogens with zero attached hydrogens (tertiary/aromatic N) is 2. The van der Waals surface area contributed by atoms with Crippen LogP contribution in [-0.4, -0.2) is 33.8 Å². The van der Waals surface area contributed by atoms with Gasteiger partial charge in [0.05, 0.1) is 11.1 Å². The largest absolute Gasteiger partial charge is 0.384 e. The second-order valence-corrected chi connectivity index (χ2v) is 5.95. The highest BCUT2D eigenvalue weighted by atomic mass is 35.5. The molecule has 2 rings (SSSR count). The van der Waals surface area contributed by atoms with Gasteiger partial charge in [0.2, 0.25) is 5.28 Å². The predicted octanol–water partition coefficient (Wildman–Crippen LogP) is 1.97. The summed E-state index contributed by atoms with van der Waals surface area (Å²) in [4.78, 5) is 8.24. The van der Waals surface area contributed by atoms with E-state index >= 15 is 0 Å². The van der Waals surface area contributed by atoms with Crippen LogP contribution < -0.4 is 10.4 Å². The Morgan fingerprint density at radius 1 is 1.38 bits per heavy atom.